The molecule has 0 radical (unpaired) electrons. The van der Waals surface area contributed by atoms with Crippen LogP contribution in [0.1, 0.15) is 112 Å². The van der Waals surface area contributed by atoms with Crippen LogP contribution in [0.3, 0.4) is 0 Å². The predicted molar refractivity (Wildman–Crippen MR) is 125 cm³/mol. The van der Waals surface area contributed by atoms with Gasteiger partial charge in [0.05, 0.1) is 11.7 Å². The summed E-state index contributed by atoms with van der Waals surface area (Å²) in [6.07, 6.45) is 15.3. The summed E-state index contributed by atoms with van der Waals surface area (Å²) in [7, 11) is 0. The molecule has 4 aliphatic rings. The maximum atomic E-state index is 10.6. The van der Waals surface area contributed by atoms with Crippen LogP contribution in [0.15, 0.2) is 0 Å². The zero-order valence-corrected chi connectivity index (χ0v) is 20.6. The monoisotopic (exact) mass is 418 g/mol. The molecule has 0 aromatic carbocycles. The zero-order valence-electron chi connectivity index (χ0n) is 20.6. The van der Waals surface area contributed by atoms with Gasteiger partial charge in [0.15, 0.2) is 0 Å². The molecule has 30 heavy (non-hydrogen) atoms. The molecular formula is C28H50O2. The molecule has 174 valence electrons. The van der Waals surface area contributed by atoms with Gasteiger partial charge < -0.3 is 10.2 Å². The van der Waals surface area contributed by atoms with Crippen molar-refractivity contribution >= 4 is 0 Å². The van der Waals surface area contributed by atoms with Gasteiger partial charge in [0.1, 0.15) is 0 Å². The lowest BCUT2D eigenvalue weighted by molar-refractivity contribution is -0.103. The summed E-state index contributed by atoms with van der Waals surface area (Å²) in [5.41, 5.74) is 0.165. The summed E-state index contributed by atoms with van der Waals surface area (Å²) in [6, 6.07) is 0. The fourth-order valence-electron chi connectivity index (χ4n) is 9.24. The van der Waals surface area contributed by atoms with Crippen LogP contribution in [0.4, 0.5) is 0 Å². The molecule has 4 rings (SSSR count). The van der Waals surface area contributed by atoms with Crippen LogP contribution in [-0.4, -0.2) is 21.9 Å². The molecular weight excluding hydrogens is 368 g/mol. The fraction of sp³-hybridized carbons (Fsp3) is 1.00. The molecule has 4 aliphatic carbocycles. The Morgan fingerprint density at radius 2 is 1.57 bits per heavy atom. The lowest BCUT2D eigenvalue weighted by atomic mass is 9.48. The molecule has 0 aromatic rings. The van der Waals surface area contributed by atoms with Gasteiger partial charge in [0, 0.05) is 0 Å². The summed E-state index contributed by atoms with van der Waals surface area (Å²) >= 11 is 0. The van der Waals surface area contributed by atoms with Crippen molar-refractivity contribution in [2.24, 2.45) is 52.8 Å². The van der Waals surface area contributed by atoms with Crippen LogP contribution in [0, 0.1) is 52.8 Å². The summed E-state index contributed by atoms with van der Waals surface area (Å²) in [4.78, 5) is 0. The van der Waals surface area contributed by atoms with E-state index in [4.69, 9.17) is 0 Å². The van der Waals surface area contributed by atoms with Crippen molar-refractivity contribution in [3.63, 3.8) is 0 Å². The lowest BCUT2D eigenvalue weighted by Crippen LogP contribution is -2.50. The van der Waals surface area contributed by atoms with Crippen LogP contribution in [0.25, 0.3) is 0 Å². The van der Waals surface area contributed by atoms with Crippen LogP contribution < -0.4 is 0 Å². The normalized spacial score (nSPS) is 48.0. The Labute approximate surface area is 186 Å². The van der Waals surface area contributed by atoms with Crippen molar-refractivity contribution in [3.8, 4) is 0 Å². The maximum absolute atomic E-state index is 10.6. The summed E-state index contributed by atoms with van der Waals surface area (Å²) < 4.78 is 0. The maximum Gasteiger partial charge on any atom is 0.0622 e. The lowest BCUT2D eigenvalue weighted by Gasteiger charge is -2.57. The smallest absolute Gasteiger partial charge is 0.0622 e. The van der Waals surface area contributed by atoms with Gasteiger partial charge in [-0.05, 0) is 124 Å². The number of hydrogen-bond acceptors (Lipinski definition) is 2. The van der Waals surface area contributed by atoms with Crippen molar-refractivity contribution in [1.29, 1.82) is 0 Å². The van der Waals surface area contributed by atoms with Crippen molar-refractivity contribution in [2.75, 3.05) is 0 Å². The number of aliphatic hydroxyl groups excluding tert-OH is 1. The van der Waals surface area contributed by atoms with Gasteiger partial charge in [-0.15, -0.1) is 0 Å². The minimum Gasteiger partial charge on any atom is -0.393 e. The molecule has 0 amide bonds. The van der Waals surface area contributed by atoms with Gasteiger partial charge in [-0.1, -0.05) is 40.5 Å². The van der Waals surface area contributed by atoms with Gasteiger partial charge in [0.25, 0.3) is 0 Å². The Hall–Kier alpha value is -0.0800. The van der Waals surface area contributed by atoms with E-state index < -0.39 is 5.60 Å². The van der Waals surface area contributed by atoms with Gasteiger partial charge in [-0.3, -0.25) is 0 Å². The Kier molecular flexibility index (Phi) is 6.69. The highest BCUT2D eigenvalue weighted by atomic mass is 16.3. The molecule has 0 spiro atoms. The molecule has 10 atom stereocenters. The van der Waals surface area contributed by atoms with Crippen LogP contribution in [-0.2, 0) is 0 Å². The Bertz CT molecular complexity index is 583. The molecule has 0 aromatic heterocycles. The van der Waals surface area contributed by atoms with E-state index in [0.717, 1.165) is 60.7 Å². The second-order valence-electron chi connectivity index (χ2n) is 13.1. The standard InChI is InChI=1S/C28H50O2/c1-18(2)26(29)8-6-7-19(3)24-11-12-25-23-10-9-20-17-27(4,30)15-13-21(20)22(23)14-16-28(24,25)5/h18-26,29-30H,6-17H2,1-5H3/t19-,20+,21+,22-,23-,24-,25+,26-,27+,28-/m1/s1. The van der Waals surface area contributed by atoms with Crippen LogP contribution in [0.5, 0.6) is 0 Å². The zero-order chi connectivity index (χ0) is 21.7. The molecule has 2 nitrogen and oxygen atoms in total. The third-order valence-electron chi connectivity index (χ3n) is 10.9. The third-order valence-corrected chi connectivity index (χ3v) is 10.9. The fourth-order valence-corrected chi connectivity index (χ4v) is 9.24. The predicted octanol–water partition coefficient (Wildman–Crippen LogP) is 6.83. The van der Waals surface area contributed by atoms with Crippen molar-refractivity contribution < 1.29 is 10.2 Å². The molecule has 0 bridgehead atoms. The average Bonchev–Trinajstić information content (AvgIpc) is 3.03. The Morgan fingerprint density at radius 1 is 0.833 bits per heavy atom. The van der Waals surface area contributed by atoms with Crippen LogP contribution in [0.2, 0.25) is 0 Å². The first-order valence-electron chi connectivity index (χ1n) is 13.5. The topological polar surface area (TPSA) is 40.5 Å². The molecule has 0 aliphatic heterocycles. The molecule has 2 N–H and O–H groups in total. The van der Waals surface area contributed by atoms with E-state index in [9.17, 15) is 10.2 Å². The van der Waals surface area contributed by atoms with E-state index in [-0.39, 0.29) is 6.10 Å². The number of hydrogen-bond donors (Lipinski definition) is 2. The molecule has 0 saturated heterocycles. The first kappa shape index (κ1) is 23.1. The van der Waals surface area contributed by atoms with Gasteiger partial charge in [-0.2, -0.15) is 0 Å². The first-order valence-corrected chi connectivity index (χ1v) is 13.5. The van der Waals surface area contributed by atoms with Crippen LogP contribution >= 0.6 is 0 Å². The van der Waals surface area contributed by atoms with E-state index in [0.29, 0.717) is 11.3 Å². The van der Waals surface area contributed by atoms with E-state index in [1.807, 2.05) is 0 Å². The number of rotatable bonds is 6. The number of fused-ring (bicyclic) bond motifs is 5. The second kappa shape index (κ2) is 8.69. The van der Waals surface area contributed by atoms with Crippen molar-refractivity contribution in [3.05, 3.63) is 0 Å². The highest BCUT2D eigenvalue weighted by molar-refractivity contribution is 5.07. The highest BCUT2D eigenvalue weighted by Gasteiger charge is 2.58. The summed E-state index contributed by atoms with van der Waals surface area (Å²) in [5.74, 6) is 6.66. The Morgan fingerprint density at radius 3 is 2.30 bits per heavy atom. The minimum absolute atomic E-state index is 0.119. The van der Waals surface area contributed by atoms with E-state index >= 15 is 0 Å². The quantitative estimate of drug-likeness (QED) is 0.496. The molecule has 2 heteroatoms. The molecule has 0 heterocycles. The SMILES string of the molecule is CC(C)[C@H](O)CCC[C@@H](C)[C@H]1CC[C@H]2[C@@H]3CC[C@H]4C[C@@](C)(O)CC[C@@H]4[C@H]3CC[C@]12C. The molecule has 4 fully saturated rings. The molecule has 0 unspecified atom stereocenters. The Balaban J connectivity index is 1.38. The number of aliphatic hydroxyl groups is 2. The van der Waals surface area contributed by atoms with E-state index in [1.54, 1.807) is 0 Å². The van der Waals surface area contributed by atoms with E-state index in [1.165, 1.54) is 57.8 Å². The second-order valence-corrected chi connectivity index (χ2v) is 13.1. The highest BCUT2D eigenvalue weighted by Crippen LogP contribution is 2.65. The first-order chi connectivity index (χ1) is 14.1. The van der Waals surface area contributed by atoms with Crippen molar-refractivity contribution in [1.82, 2.24) is 0 Å². The van der Waals surface area contributed by atoms with Gasteiger partial charge in [-0.25, -0.2) is 0 Å². The third kappa shape index (κ3) is 4.26. The van der Waals surface area contributed by atoms with Crippen molar-refractivity contribution in [2.45, 2.75) is 123 Å². The summed E-state index contributed by atoms with van der Waals surface area (Å²) in [6.45, 7) is 11.5. The average molecular weight is 419 g/mol. The van der Waals surface area contributed by atoms with Gasteiger partial charge in [0.2, 0.25) is 0 Å². The molecule has 4 saturated carbocycles. The van der Waals surface area contributed by atoms with E-state index in [2.05, 4.69) is 34.6 Å². The minimum atomic E-state index is -0.395. The van der Waals surface area contributed by atoms with Gasteiger partial charge >= 0.3 is 0 Å². The largest absolute Gasteiger partial charge is 0.393 e. The summed E-state index contributed by atoms with van der Waals surface area (Å²) in [5, 5.41) is 20.8.